The Morgan fingerprint density at radius 1 is 1.50 bits per heavy atom. The SMILES string of the molecule is CC(C)c1ncc(CC2(O)CCNCC2)s1. The minimum absolute atomic E-state index is 0.487. The first kappa shape index (κ1) is 12.0. The number of nitrogens with one attached hydrogen (secondary N) is 1. The van der Waals surface area contributed by atoms with Crippen LogP contribution in [0.25, 0.3) is 0 Å². The Balaban J connectivity index is 2.02. The van der Waals surface area contributed by atoms with Gasteiger partial charge in [-0.05, 0) is 25.9 Å². The lowest BCUT2D eigenvalue weighted by atomic mass is 9.89. The molecule has 1 aliphatic heterocycles. The van der Waals surface area contributed by atoms with Gasteiger partial charge < -0.3 is 10.4 Å². The van der Waals surface area contributed by atoms with Crippen LogP contribution in [0.15, 0.2) is 6.20 Å². The summed E-state index contributed by atoms with van der Waals surface area (Å²) in [5.74, 6) is 0.487. The average Bonchev–Trinajstić information content (AvgIpc) is 2.66. The Kier molecular flexibility index (Phi) is 3.62. The van der Waals surface area contributed by atoms with Crippen LogP contribution in [0.4, 0.5) is 0 Å². The number of rotatable bonds is 3. The molecule has 0 aliphatic carbocycles. The fourth-order valence-corrected chi connectivity index (χ4v) is 3.12. The predicted molar refractivity (Wildman–Crippen MR) is 67.0 cm³/mol. The van der Waals surface area contributed by atoms with Gasteiger partial charge in [-0.2, -0.15) is 0 Å². The van der Waals surface area contributed by atoms with E-state index in [1.54, 1.807) is 11.3 Å². The molecule has 3 nitrogen and oxygen atoms in total. The van der Waals surface area contributed by atoms with Crippen LogP contribution in [0.2, 0.25) is 0 Å². The van der Waals surface area contributed by atoms with Gasteiger partial charge in [0.2, 0.25) is 0 Å². The maximum Gasteiger partial charge on any atom is 0.0953 e. The van der Waals surface area contributed by atoms with Gasteiger partial charge in [0.05, 0.1) is 10.6 Å². The van der Waals surface area contributed by atoms with Crippen molar-refractivity contribution in [3.63, 3.8) is 0 Å². The smallest absolute Gasteiger partial charge is 0.0953 e. The van der Waals surface area contributed by atoms with Crippen molar-refractivity contribution >= 4 is 11.3 Å². The first-order valence-electron chi connectivity index (χ1n) is 5.97. The lowest BCUT2D eigenvalue weighted by Crippen LogP contribution is -2.43. The van der Waals surface area contributed by atoms with E-state index in [0.29, 0.717) is 5.92 Å². The molecule has 1 aromatic heterocycles. The molecule has 0 saturated carbocycles. The second kappa shape index (κ2) is 4.82. The zero-order valence-corrected chi connectivity index (χ0v) is 10.8. The van der Waals surface area contributed by atoms with Gasteiger partial charge in [-0.1, -0.05) is 13.8 Å². The van der Waals surface area contributed by atoms with E-state index in [1.807, 2.05) is 6.20 Å². The van der Waals surface area contributed by atoms with Crippen molar-refractivity contribution in [2.24, 2.45) is 0 Å². The summed E-state index contributed by atoms with van der Waals surface area (Å²) >= 11 is 1.74. The number of aliphatic hydroxyl groups is 1. The molecule has 0 radical (unpaired) electrons. The third-order valence-corrected chi connectivity index (χ3v) is 4.40. The van der Waals surface area contributed by atoms with Crippen LogP contribution in [0.1, 0.15) is 42.5 Å². The Bertz CT molecular complexity index is 343. The Morgan fingerprint density at radius 2 is 2.19 bits per heavy atom. The van der Waals surface area contributed by atoms with Gasteiger partial charge in [-0.25, -0.2) is 4.98 Å². The summed E-state index contributed by atoms with van der Waals surface area (Å²) in [6.45, 7) is 6.16. The molecule has 16 heavy (non-hydrogen) atoms. The average molecular weight is 240 g/mol. The molecule has 0 unspecified atom stereocenters. The number of thiazole rings is 1. The summed E-state index contributed by atoms with van der Waals surface area (Å²) in [4.78, 5) is 5.62. The van der Waals surface area contributed by atoms with Crippen molar-refractivity contribution in [1.82, 2.24) is 10.3 Å². The van der Waals surface area contributed by atoms with Crippen molar-refractivity contribution in [2.45, 2.75) is 44.6 Å². The summed E-state index contributed by atoms with van der Waals surface area (Å²) in [7, 11) is 0. The minimum atomic E-state index is -0.508. The molecule has 0 atom stereocenters. The molecule has 1 saturated heterocycles. The fraction of sp³-hybridized carbons (Fsp3) is 0.750. The Hall–Kier alpha value is -0.450. The maximum atomic E-state index is 10.4. The van der Waals surface area contributed by atoms with Crippen molar-refractivity contribution < 1.29 is 5.11 Å². The summed E-state index contributed by atoms with van der Waals surface area (Å²) in [6, 6.07) is 0. The van der Waals surface area contributed by atoms with Gasteiger partial charge in [0.1, 0.15) is 0 Å². The van der Waals surface area contributed by atoms with Crippen LogP contribution in [0.3, 0.4) is 0 Å². The molecule has 90 valence electrons. The molecule has 2 heterocycles. The second-order valence-electron chi connectivity index (χ2n) is 4.97. The normalized spacial score (nSPS) is 20.2. The zero-order chi connectivity index (χ0) is 11.6. The number of aromatic nitrogens is 1. The van der Waals surface area contributed by atoms with Crippen molar-refractivity contribution in [3.8, 4) is 0 Å². The van der Waals surface area contributed by atoms with Crippen LogP contribution < -0.4 is 5.32 Å². The molecule has 1 aliphatic rings. The number of piperidine rings is 1. The molecule has 0 spiro atoms. The van der Waals surface area contributed by atoms with Gasteiger partial charge in [0.25, 0.3) is 0 Å². The molecule has 0 aromatic carbocycles. The number of hydrogen-bond acceptors (Lipinski definition) is 4. The van der Waals surface area contributed by atoms with Gasteiger partial charge in [0, 0.05) is 23.4 Å². The molecule has 0 amide bonds. The van der Waals surface area contributed by atoms with Crippen molar-refractivity contribution in [3.05, 3.63) is 16.1 Å². The molecule has 1 aromatic rings. The highest BCUT2D eigenvalue weighted by Gasteiger charge is 2.30. The molecule has 1 fully saturated rings. The first-order chi connectivity index (χ1) is 7.59. The molecule has 2 N–H and O–H groups in total. The summed E-state index contributed by atoms with van der Waals surface area (Å²) < 4.78 is 0. The predicted octanol–water partition coefficient (Wildman–Crippen LogP) is 1.92. The van der Waals surface area contributed by atoms with E-state index < -0.39 is 5.60 Å². The molecule has 4 heteroatoms. The molecular formula is C12H20N2OS. The lowest BCUT2D eigenvalue weighted by Gasteiger charge is -2.32. The Morgan fingerprint density at radius 3 is 2.75 bits per heavy atom. The van der Waals surface area contributed by atoms with E-state index in [0.717, 1.165) is 32.4 Å². The third kappa shape index (κ3) is 2.81. The summed E-state index contributed by atoms with van der Waals surface area (Å²) in [5, 5.41) is 14.9. The monoisotopic (exact) mass is 240 g/mol. The molecule has 2 rings (SSSR count). The Labute approximate surface area is 101 Å². The maximum absolute atomic E-state index is 10.4. The van der Waals surface area contributed by atoms with E-state index in [4.69, 9.17) is 0 Å². The van der Waals surface area contributed by atoms with Crippen LogP contribution in [0.5, 0.6) is 0 Å². The van der Waals surface area contributed by atoms with E-state index in [-0.39, 0.29) is 0 Å². The first-order valence-corrected chi connectivity index (χ1v) is 6.78. The zero-order valence-electron chi connectivity index (χ0n) is 9.99. The van der Waals surface area contributed by atoms with Gasteiger partial charge >= 0.3 is 0 Å². The number of hydrogen-bond donors (Lipinski definition) is 2. The van der Waals surface area contributed by atoms with Crippen LogP contribution >= 0.6 is 11.3 Å². The lowest BCUT2D eigenvalue weighted by molar-refractivity contribution is 0.0115. The van der Waals surface area contributed by atoms with Crippen LogP contribution in [0, 0.1) is 0 Å². The fourth-order valence-electron chi connectivity index (χ4n) is 2.06. The van der Waals surface area contributed by atoms with Gasteiger partial charge in [0.15, 0.2) is 0 Å². The van der Waals surface area contributed by atoms with Crippen molar-refractivity contribution in [1.29, 1.82) is 0 Å². The van der Waals surface area contributed by atoms with Gasteiger partial charge in [-0.3, -0.25) is 0 Å². The highest BCUT2D eigenvalue weighted by atomic mass is 32.1. The van der Waals surface area contributed by atoms with E-state index >= 15 is 0 Å². The topological polar surface area (TPSA) is 45.2 Å². The largest absolute Gasteiger partial charge is 0.389 e. The third-order valence-electron chi connectivity index (χ3n) is 3.10. The highest BCUT2D eigenvalue weighted by molar-refractivity contribution is 7.11. The second-order valence-corrected chi connectivity index (χ2v) is 6.12. The standard InChI is InChI=1S/C12H20N2OS/c1-9(2)11-14-8-10(16-11)7-12(15)3-5-13-6-4-12/h8-9,13,15H,3-7H2,1-2H3. The molecular weight excluding hydrogens is 220 g/mol. The minimum Gasteiger partial charge on any atom is -0.389 e. The molecule has 0 bridgehead atoms. The van der Waals surface area contributed by atoms with Crippen LogP contribution in [-0.4, -0.2) is 28.8 Å². The highest BCUT2D eigenvalue weighted by Crippen LogP contribution is 2.28. The van der Waals surface area contributed by atoms with E-state index in [2.05, 4.69) is 24.1 Å². The van der Waals surface area contributed by atoms with E-state index in [9.17, 15) is 5.11 Å². The van der Waals surface area contributed by atoms with Crippen LogP contribution in [-0.2, 0) is 6.42 Å². The van der Waals surface area contributed by atoms with E-state index in [1.165, 1.54) is 9.88 Å². The summed E-state index contributed by atoms with van der Waals surface area (Å²) in [5.41, 5.74) is -0.508. The van der Waals surface area contributed by atoms with Crippen molar-refractivity contribution in [2.75, 3.05) is 13.1 Å². The summed E-state index contributed by atoms with van der Waals surface area (Å²) in [6.07, 6.45) is 4.39. The van der Waals surface area contributed by atoms with Gasteiger partial charge in [-0.15, -0.1) is 11.3 Å². The number of nitrogens with zero attached hydrogens (tertiary/aromatic N) is 1. The quantitative estimate of drug-likeness (QED) is 0.848.